The van der Waals surface area contributed by atoms with Gasteiger partial charge in [-0.25, -0.2) is 8.42 Å². The molecule has 1 unspecified atom stereocenters. The normalized spacial score (nSPS) is 17.2. The maximum absolute atomic E-state index is 12.9. The zero-order valence-electron chi connectivity index (χ0n) is 15.3. The number of rotatable bonds is 7. The highest BCUT2D eigenvalue weighted by Crippen LogP contribution is 2.18. The van der Waals surface area contributed by atoms with E-state index in [0.29, 0.717) is 12.1 Å². The number of nitrogens with one attached hydrogen (secondary N) is 1. The minimum Gasteiger partial charge on any atom is -0.376 e. The van der Waals surface area contributed by atoms with Crippen molar-refractivity contribution in [2.45, 2.75) is 30.4 Å². The molecule has 6 nitrogen and oxygen atoms in total. The van der Waals surface area contributed by atoms with Gasteiger partial charge in [-0.05, 0) is 36.6 Å². The van der Waals surface area contributed by atoms with Crippen molar-refractivity contribution < 1.29 is 17.9 Å². The van der Waals surface area contributed by atoms with E-state index in [1.165, 1.54) is 23.5 Å². The maximum Gasteiger partial charge on any atom is 0.251 e. The Balaban J connectivity index is 1.70. The Labute approximate surface area is 160 Å². The van der Waals surface area contributed by atoms with Gasteiger partial charge in [-0.15, -0.1) is 0 Å². The number of sulfonamides is 1. The zero-order chi connectivity index (χ0) is 19.3. The van der Waals surface area contributed by atoms with Crippen LogP contribution in [-0.4, -0.2) is 44.9 Å². The largest absolute Gasteiger partial charge is 0.376 e. The van der Waals surface area contributed by atoms with Crippen molar-refractivity contribution in [3.8, 4) is 0 Å². The van der Waals surface area contributed by atoms with Crippen LogP contribution >= 0.6 is 0 Å². The first-order valence-electron chi connectivity index (χ1n) is 8.97. The molecule has 2 aromatic carbocycles. The molecular weight excluding hydrogens is 364 g/mol. The maximum atomic E-state index is 12.9. The number of hydrogen-bond acceptors (Lipinski definition) is 4. The lowest BCUT2D eigenvalue weighted by atomic mass is 10.2. The molecule has 1 atom stereocenters. The molecule has 27 heavy (non-hydrogen) atoms. The molecule has 1 fully saturated rings. The van der Waals surface area contributed by atoms with E-state index in [1.54, 1.807) is 12.1 Å². The van der Waals surface area contributed by atoms with Crippen molar-refractivity contribution in [1.82, 2.24) is 9.62 Å². The monoisotopic (exact) mass is 388 g/mol. The van der Waals surface area contributed by atoms with Gasteiger partial charge in [0.25, 0.3) is 5.91 Å². The number of carbonyl (C=O) groups is 1. The first kappa shape index (κ1) is 19.5. The van der Waals surface area contributed by atoms with Gasteiger partial charge in [-0.2, -0.15) is 4.31 Å². The van der Waals surface area contributed by atoms with Crippen LogP contribution < -0.4 is 5.32 Å². The highest BCUT2D eigenvalue weighted by Gasteiger charge is 2.22. The highest BCUT2D eigenvalue weighted by molar-refractivity contribution is 7.89. The molecule has 0 bridgehead atoms. The first-order chi connectivity index (χ1) is 13.0. The van der Waals surface area contributed by atoms with Crippen LogP contribution in [0.25, 0.3) is 0 Å². The van der Waals surface area contributed by atoms with Crippen LogP contribution in [-0.2, 0) is 21.3 Å². The number of nitrogens with zero attached hydrogens (tertiary/aromatic N) is 1. The summed E-state index contributed by atoms with van der Waals surface area (Å²) in [5.74, 6) is -0.298. The van der Waals surface area contributed by atoms with Crippen LogP contribution in [0.15, 0.2) is 59.5 Å². The Kier molecular flexibility index (Phi) is 6.26. The van der Waals surface area contributed by atoms with Crippen molar-refractivity contribution in [2.24, 2.45) is 0 Å². The average molecular weight is 388 g/mol. The Morgan fingerprint density at radius 3 is 2.67 bits per heavy atom. The fraction of sp³-hybridized carbons (Fsp3) is 0.350. The Bertz CT molecular complexity index is 878. The van der Waals surface area contributed by atoms with Crippen molar-refractivity contribution in [2.75, 3.05) is 20.2 Å². The Morgan fingerprint density at radius 1 is 1.19 bits per heavy atom. The summed E-state index contributed by atoms with van der Waals surface area (Å²) in [5.41, 5.74) is 1.22. The topological polar surface area (TPSA) is 75.7 Å². The molecule has 0 aromatic heterocycles. The fourth-order valence-corrected chi connectivity index (χ4v) is 4.22. The summed E-state index contributed by atoms with van der Waals surface area (Å²) >= 11 is 0. The molecule has 0 aliphatic carbocycles. The van der Waals surface area contributed by atoms with Gasteiger partial charge in [0.1, 0.15) is 0 Å². The molecule has 1 aliphatic heterocycles. The number of amides is 1. The third kappa shape index (κ3) is 4.94. The molecule has 0 spiro atoms. The molecule has 1 amide bonds. The number of hydrogen-bond donors (Lipinski definition) is 1. The lowest BCUT2D eigenvalue weighted by Gasteiger charge is -2.18. The number of ether oxygens (including phenoxy) is 1. The number of benzene rings is 2. The van der Waals surface area contributed by atoms with Crippen LogP contribution in [0.4, 0.5) is 0 Å². The highest BCUT2D eigenvalue weighted by atomic mass is 32.2. The molecule has 3 rings (SSSR count). The molecule has 1 heterocycles. The summed E-state index contributed by atoms with van der Waals surface area (Å²) in [6, 6.07) is 15.5. The average Bonchev–Trinajstić information content (AvgIpc) is 3.20. The third-order valence-corrected chi connectivity index (χ3v) is 6.37. The van der Waals surface area contributed by atoms with Crippen molar-refractivity contribution in [3.05, 3.63) is 65.7 Å². The Morgan fingerprint density at radius 2 is 1.96 bits per heavy atom. The second-order valence-electron chi connectivity index (χ2n) is 6.62. The molecule has 2 aromatic rings. The van der Waals surface area contributed by atoms with Gasteiger partial charge in [0, 0.05) is 32.3 Å². The van der Waals surface area contributed by atoms with Crippen molar-refractivity contribution >= 4 is 15.9 Å². The van der Waals surface area contributed by atoms with Gasteiger partial charge < -0.3 is 10.1 Å². The summed E-state index contributed by atoms with van der Waals surface area (Å²) in [6.07, 6.45) is 1.97. The van der Waals surface area contributed by atoms with Gasteiger partial charge in [0.15, 0.2) is 0 Å². The molecular formula is C20H24N2O4S. The third-order valence-electron chi connectivity index (χ3n) is 4.57. The summed E-state index contributed by atoms with van der Waals surface area (Å²) in [6.45, 7) is 1.42. The van der Waals surface area contributed by atoms with E-state index >= 15 is 0 Å². The molecule has 1 aliphatic rings. The minimum absolute atomic E-state index is 0.0397. The second-order valence-corrected chi connectivity index (χ2v) is 8.66. The Hall–Kier alpha value is -2.22. The number of carbonyl (C=O) groups excluding carboxylic acids is 1. The fourth-order valence-electron chi connectivity index (χ4n) is 3.02. The molecule has 1 N–H and O–H groups in total. The zero-order valence-corrected chi connectivity index (χ0v) is 16.1. The standard InChI is InChI=1S/C20H24N2O4S/c1-22(15-16-7-3-2-4-8-16)27(24,25)19-11-5-9-17(13-19)20(23)21-14-18-10-6-12-26-18/h2-5,7-9,11,13,18H,6,10,12,14-15H2,1H3,(H,21,23). The van der Waals surface area contributed by atoms with Gasteiger partial charge in [0.2, 0.25) is 10.0 Å². The van der Waals surface area contributed by atoms with Gasteiger partial charge in [-0.1, -0.05) is 36.4 Å². The SMILES string of the molecule is CN(Cc1ccccc1)S(=O)(=O)c1cccc(C(=O)NCC2CCCO2)c1. The quantitative estimate of drug-likeness (QED) is 0.790. The smallest absolute Gasteiger partial charge is 0.251 e. The van der Waals surface area contributed by atoms with E-state index in [-0.39, 0.29) is 23.5 Å². The van der Waals surface area contributed by atoms with Crippen LogP contribution in [0, 0.1) is 0 Å². The second kappa shape index (κ2) is 8.65. The van der Waals surface area contributed by atoms with Gasteiger partial charge in [0.05, 0.1) is 11.0 Å². The van der Waals surface area contributed by atoms with E-state index in [0.717, 1.165) is 25.0 Å². The molecule has 144 valence electrons. The summed E-state index contributed by atoms with van der Waals surface area (Å²) in [4.78, 5) is 12.5. The van der Waals surface area contributed by atoms with Crippen LogP contribution in [0.2, 0.25) is 0 Å². The molecule has 1 saturated heterocycles. The summed E-state index contributed by atoms with van der Waals surface area (Å²) in [5, 5.41) is 2.82. The van der Waals surface area contributed by atoms with Crippen LogP contribution in [0.5, 0.6) is 0 Å². The summed E-state index contributed by atoms with van der Waals surface area (Å²) in [7, 11) is -2.16. The first-order valence-corrected chi connectivity index (χ1v) is 10.4. The van der Waals surface area contributed by atoms with Crippen LogP contribution in [0.1, 0.15) is 28.8 Å². The van der Waals surface area contributed by atoms with Crippen LogP contribution in [0.3, 0.4) is 0 Å². The minimum atomic E-state index is -3.70. The van der Waals surface area contributed by atoms with E-state index in [4.69, 9.17) is 4.74 Å². The summed E-state index contributed by atoms with van der Waals surface area (Å²) < 4.78 is 32.5. The van der Waals surface area contributed by atoms with E-state index in [2.05, 4.69) is 5.32 Å². The molecule has 7 heteroatoms. The van der Waals surface area contributed by atoms with E-state index in [9.17, 15) is 13.2 Å². The van der Waals surface area contributed by atoms with Gasteiger partial charge >= 0.3 is 0 Å². The predicted molar refractivity (Wildman–Crippen MR) is 103 cm³/mol. The molecule has 0 radical (unpaired) electrons. The van der Waals surface area contributed by atoms with Gasteiger partial charge in [-0.3, -0.25) is 4.79 Å². The lowest BCUT2D eigenvalue weighted by Crippen LogP contribution is -2.32. The van der Waals surface area contributed by atoms with Crippen molar-refractivity contribution in [1.29, 1.82) is 0 Å². The predicted octanol–water partition coefficient (Wildman–Crippen LogP) is 2.42. The lowest BCUT2D eigenvalue weighted by molar-refractivity contribution is 0.0857. The van der Waals surface area contributed by atoms with E-state index < -0.39 is 10.0 Å². The molecule has 0 saturated carbocycles. The van der Waals surface area contributed by atoms with E-state index in [1.807, 2.05) is 30.3 Å². The van der Waals surface area contributed by atoms with Crippen molar-refractivity contribution in [3.63, 3.8) is 0 Å².